The molecule has 0 bridgehead atoms. The molecule has 3 heterocycles. The summed E-state index contributed by atoms with van der Waals surface area (Å²) < 4.78 is 2.65. The van der Waals surface area contributed by atoms with Gasteiger partial charge in [-0.05, 0) is 24.3 Å². The number of fused-ring (bicyclic) bond motifs is 8. The Bertz CT molecular complexity index is 2140. The fraction of sp³-hybridized carbons (Fsp3) is 0. The summed E-state index contributed by atoms with van der Waals surface area (Å²) in [5, 5.41) is 7.47. The van der Waals surface area contributed by atoms with Crippen molar-refractivity contribution in [2.24, 2.45) is 0 Å². The van der Waals surface area contributed by atoms with E-state index in [4.69, 9.17) is 9.97 Å². The normalized spacial score (nSPS) is 11.8. The quantitative estimate of drug-likeness (QED) is 0.226. The molecule has 0 saturated heterocycles. The van der Waals surface area contributed by atoms with Crippen molar-refractivity contribution in [3.05, 3.63) is 121 Å². The molecule has 0 amide bonds. The highest BCUT2D eigenvalue weighted by Crippen LogP contribution is 2.43. The molecule has 0 atom stereocenters. The average Bonchev–Trinajstić information content (AvgIpc) is 3.35. The van der Waals surface area contributed by atoms with Gasteiger partial charge in [-0.25, -0.2) is 9.97 Å². The first-order chi connectivity index (χ1) is 18.3. The topological polar surface area (TPSA) is 25.8 Å². The fourth-order valence-electron chi connectivity index (χ4n) is 5.46. The maximum Gasteiger partial charge on any atom is 0.0788 e. The molecule has 0 radical (unpaired) electrons. The number of aromatic nitrogens is 2. The second kappa shape index (κ2) is 7.95. The third-order valence-electron chi connectivity index (χ3n) is 7.26. The first kappa shape index (κ1) is 20.6. The first-order valence-corrected chi connectivity index (χ1v) is 13.2. The molecule has 3 aromatic heterocycles. The molecular weight excluding hydrogens is 468 g/mol. The van der Waals surface area contributed by atoms with Crippen LogP contribution in [0.15, 0.2) is 121 Å². The maximum absolute atomic E-state index is 5.17. The lowest BCUT2D eigenvalue weighted by Crippen LogP contribution is -1.91. The Hall–Kier alpha value is -4.60. The zero-order valence-electron chi connectivity index (χ0n) is 19.8. The monoisotopic (exact) mass is 488 g/mol. The van der Waals surface area contributed by atoms with Crippen molar-refractivity contribution in [2.45, 2.75) is 0 Å². The third-order valence-corrected chi connectivity index (χ3v) is 8.46. The van der Waals surface area contributed by atoms with E-state index in [1.54, 1.807) is 0 Å². The molecule has 5 aromatic carbocycles. The van der Waals surface area contributed by atoms with E-state index in [1.165, 1.54) is 36.3 Å². The van der Waals surface area contributed by atoms with Crippen LogP contribution in [0.2, 0.25) is 0 Å². The summed E-state index contributed by atoms with van der Waals surface area (Å²) >= 11 is 1.87. The molecule has 0 aliphatic heterocycles. The number of benzene rings is 5. The van der Waals surface area contributed by atoms with E-state index in [1.807, 2.05) is 23.5 Å². The number of pyridine rings is 2. The van der Waals surface area contributed by atoms with Gasteiger partial charge < -0.3 is 0 Å². The van der Waals surface area contributed by atoms with Crippen LogP contribution in [0.4, 0.5) is 0 Å². The Labute approximate surface area is 217 Å². The standard InChI is InChI=1S/C34H20N2S/c1-4-10-28-21(7-1)17-20-29(35-28)22-13-15-23(16-14-22)33-27-19-18-25-24-8-3-6-12-31(24)37-34(25)32(27)26-9-2-5-11-30(26)36-33/h1-20H. The zero-order chi connectivity index (χ0) is 24.3. The number of hydrogen-bond donors (Lipinski definition) is 0. The molecule has 8 aromatic rings. The largest absolute Gasteiger partial charge is 0.248 e. The molecule has 2 nitrogen and oxygen atoms in total. The summed E-state index contributed by atoms with van der Waals surface area (Å²) in [5.74, 6) is 0. The third kappa shape index (κ3) is 3.18. The van der Waals surface area contributed by atoms with Crippen LogP contribution in [0, 0.1) is 0 Å². The van der Waals surface area contributed by atoms with Crippen LogP contribution < -0.4 is 0 Å². The van der Waals surface area contributed by atoms with E-state index in [9.17, 15) is 0 Å². The van der Waals surface area contributed by atoms with Crippen LogP contribution in [-0.2, 0) is 0 Å². The second-order valence-corrected chi connectivity index (χ2v) is 10.5. The first-order valence-electron chi connectivity index (χ1n) is 12.4. The smallest absolute Gasteiger partial charge is 0.0788 e. The van der Waals surface area contributed by atoms with Gasteiger partial charge in [0.05, 0.1) is 22.4 Å². The lowest BCUT2D eigenvalue weighted by atomic mass is 9.97. The van der Waals surface area contributed by atoms with E-state index in [-0.39, 0.29) is 0 Å². The second-order valence-electron chi connectivity index (χ2n) is 9.41. The number of rotatable bonds is 2. The van der Waals surface area contributed by atoms with Gasteiger partial charge in [-0.15, -0.1) is 11.3 Å². The maximum atomic E-state index is 5.17. The predicted octanol–water partition coefficient (Wildman–Crippen LogP) is 9.64. The van der Waals surface area contributed by atoms with Crippen LogP contribution in [-0.4, -0.2) is 9.97 Å². The predicted molar refractivity (Wildman–Crippen MR) is 158 cm³/mol. The van der Waals surface area contributed by atoms with E-state index in [0.29, 0.717) is 0 Å². The molecule has 3 heteroatoms. The Balaban J connectivity index is 1.35. The van der Waals surface area contributed by atoms with Crippen molar-refractivity contribution in [1.82, 2.24) is 9.97 Å². The van der Waals surface area contributed by atoms with Crippen molar-refractivity contribution in [3.8, 4) is 22.5 Å². The number of nitrogens with zero attached hydrogens (tertiary/aromatic N) is 2. The SMILES string of the molecule is c1ccc2nc(-c3ccc(-c4nc5ccccc5c5c4ccc4c6ccccc6sc45)cc3)ccc2c1. The van der Waals surface area contributed by atoms with Crippen LogP contribution in [0.1, 0.15) is 0 Å². The highest BCUT2D eigenvalue weighted by atomic mass is 32.1. The van der Waals surface area contributed by atoms with Crippen LogP contribution in [0.3, 0.4) is 0 Å². The lowest BCUT2D eigenvalue weighted by molar-refractivity contribution is 1.39. The summed E-state index contributed by atoms with van der Waals surface area (Å²) in [6, 6.07) is 42.9. The number of hydrogen-bond acceptors (Lipinski definition) is 3. The molecule has 37 heavy (non-hydrogen) atoms. The van der Waals surface area contributed by atoms with Gasteiger partial charge in [-0.3, -0.25) is 0 Å². The van der Waals surface area contributed by atoms with Gasteiger partial charge in [0.2, 0.25) is 0 Å². The van der Waals surface area contributed by atoms with E-state index in [2.05, 4.69) is 109 Å². The molecule has 0 fully saturated rings. The summed E-state index contributed by atoms with van der Waals surface area (Å²) in [5.41, 5.74) is 6.25. The highest BCUT2D eigenvalue weighted by molar-refractivity contribution is 7.26. The molecule has 0 unspecified atom stereocenters. The lowest BCUT2D eigenvalue weighted by Gasteiger charge is -2.12. The summed E-state index contributed by atoms with van der Waals surface area (Å²) in [6.07, 6.45) is 0. The molecule has 0 spiro atoms. The Morgan fingerprint density at radius 2 is 1.16 bits per heavy atom. The molecule has 0 N–H and O–H groups in total. The van der Waals surface area contributed by atoms with Gasteiger partial charge in [0, 0.05) is 52.8 Å². The zero-order valence-corrected chi connectivity index (χ0v) is 20.7. The van der Waals surface area contributed by atoms with Crippen molar-refractivity contribution in [1.29, 1.82) is 0 Å². The van der Waals surface area contributed by atoms with Gasteiger partial charge in [0.25, 0.3) is 0 Å². The fourth-order valence-corrected chi connectivity index (χ4v) is 6.73. The summed E-state index contributed by atoms with van der Waals surface area (Å²) in [4.78, 5) is 10.0. The van der Waals surface area contributed by atoms with Gasteiger partial charge in [-0.1, -0.05) is 97.1 Å². The van der Waals surface area contributed by atoms with Gasteiger partial charge in [0.1, 0.15) is 0 Å². The van der Waals surface area contributed by atoms with Crippen LogP contribution >= 0.6 is 11.3 Å². The molecule has 172 valence electrons. The van der Waals surface area contributed by atoms with Crippen LogP contribution in [0.25, 0.3) is 75.3 Å². The summed E-state index contributed by atoms with van der Waals surface area (Å²) in [7, 11) is 0. The number of thiophene rings is 1. The Morgan fingerprint density at radius 1 is 0.459 bits per heavy atom. The molecule has 8 rings (SSSR count). The van der Waals surface area contributed by atoms with E-state index < -0.39 is 0 Å². The Kier molecular flexibility index (Phi) is 4.42. The minimum Gasteiger partial charge on any atom is -0.248 e. The van der Waals surface area contributed by atoms with Crippen molar-refractivity contribution >= 4 is 64.1 Å². The molecule has 0 saturated carbocycles. The van der Waals surface area contributed by atoms with E-state index in [0.717, 1.165) is 38.9 Å². The van der Waals surface area contributed by atoms with Crippen LogP contribution in [0.5, 0.6) is 0 Å². The van der Waals surface area contributed by atoms with Gasteiger partial charge in [-0.2, -0.15) is 0 Å². The van der Waals surface area contributed by atoms with Crippen molar-refractivity contribution in [2.75, 3.05) is 0 Å². The van der Waals surface area contributed by atoms with E-state index >= 15 is 0 Å². The average molecular weight is 489 g/mol. The van der Waals surface area contributed by atoms with Crippen molar-refractivity contribution < 1.29 is 0 Å². The molecule has 0 aliphatic carbocycles. The van der Waals surface area contributed by atoms with Crippen molar-refractivity contribution in [3.63, 3.8) is 0 Å². The minimum atomic E-state index is 0.980. The Morgan fingerprint density at radius 3 is 2.05 bits per heavy atom. The van der Waals surface area contributed by atoms with Gasteiger partial charge in [0.15, 0.2) is 0 Å². The van der Waals surface area contributed by atoms with Gasteiger partial charge >= 0.3 is 0 Å². The molecule has 0 aliphatic rings. The molecular formula is C34H20N2S. The summed E-state index contributed by atoms with van der Waals surface area (Å²) in [6.45, 7) is 0. The minimum absolute atomic E-state index is 0.980. The highest BCUT2D eigenvalue weighted by Gasteiger charge is 2.16. The number of para-hydroxylation sites is 2.